The van der Waals surface area contributed by atoms with Crippen LogP contribution < -0.4 is 10.5 Å². The Morgan fingerprint density at radius 3 is 2.53 bits per heavy atom. The largest absolute Gasteiger partial charge is 0.494 e. The standard InChI is InChI=1S/C15H19N3O/c1-19-12-4-2-3-11-13(12)17-15(16)18(11)14(9-5-6-9)10-7-8-10/h2-4,9-10,14H,5-8H2,1H3,(H2,16,17). The van der Waals surface area contributed by atoms with Crippen molar-refractivity contribution in [3.8, 4) is 5.75 Å². The van der Waals surface area contributed by atoms with Gasteiger partial charge in [-0.2, -0.15) is 0 Å². The predicted octanol–water partition coefficient (Wildman–Crippen LogP) is 2.99. The van der Waals surface area contributed by atoms with E-state index >= 15 is 0 Å². The van der Waals surface area contributed by atoms with E-state index in [0.717, 1.165) is 28.6 Å². The molecule has 0 aliphatic heterocycles. The maximum Gasteiger partial charge on any atom is 0.201 e. The Labute approximate surface area is 112 Å². The molecule has 2 saturated carbocycles. The molecule has 0 atom stereocenters. The summed E-state index contributed by atoms with van der Waals surface area (Å²) in [6.45, 7) is 0. The van der Waals surface area contributed by atoms with Crippen LogP contribution in [-0.2, 0) is 0 Å². The molecule has 0 saturated heterocycles. The van der Waals surface area contributed by atoms with E-state index in [0.29, 0.717) is 12.0 Å². The predicted molar refractivity (Wildman–Crippen MR) is 75.2 cm³/mol. The number of imidazole rings is 1. The summed E-state index contributed by atoms with van der Waals surface area (Å²) in [7, 11) is 1.68. The molecule has 4 heteroatoms. The highest BCUT2D eigenvalue weighted by Gasteiger charge is 2.43. The highest BCUT2D eigenvalue weighted by atomic mass is 16.5. The van der Waals surface area contributed by atoms with Gasteiger partial charge in [-0.05, 0) is 49.7 Å². The van der Waals surface area contributed by atoms with Crippen molar-refractivity contribution in [2.45, 2.75) is 31.7 Å². The molecule has 19 heavy (non-hydrogen) atoms. The summed E-state index contributed by atoms with van der Waals surface area (Å²) in [5.74, 6) is 3.06. The summed E-state index contributed by atoms with van der Waals surface area (Å²) in [5, 5.41) is 0. The van der Waals surface area contributed by atoms with Crippen LogP contribution in [0.5, 0.6) is 5.75 Å². The molecule has 2 aromatic rings. The van der Waals surface area contributed by atoms with Gasteiger partial charge < -0.3 is 15.0 Å². The second-order valence-electron chi connectivity index (χ2n) is 5.83. The first-order chi connectivity index (χ1) is 9.29. The number of hydrogen-bond acceptors (Lipinski definition) is 3. The second-order valence-corrected chi connectivity index (χ2v) is 5.83. The van der Waals surface area contributed by atoms with Crippen LogP contribution in [0.2, 0.25) is 0 Å². The van der Waals surface area contributed by atoms with E-state index in [-0.39, 0.29) is 0 Å². The maximum absolute atomic E-state index is 6.21. The Bertz CT molecular complexity index is 614. The van der Waals surface area contributed by atoms with Crippen molar-refractivity contribution in [1.82, 2.24) is 9.55 Å². The Morgan fingerprint density at radius 1 is 1.26 bits per heavy atom. The molecular formula is C15H19N3O. The summed E-state index contributed by atoms with van der Waals surface area (Å²) < 4.78 is 7.67. The van der Waals surface area contributed by atoms with E-state index in [4.69, 9.17) is 10.5 Å². The molecule has 4 rings (SSSR count). The smallest absolute Gasteiger partial charge is 0.201 e. The molecule has 2 N–H and O–H groups in total. The molecule has 4 nitrogen and oxygen atoms in total. The zero-order valence-electron chi connectivity index (χ0n) is 11.2. The summed E-state index contributed by atoms with van der Waals surface area (Å²) in [6, 6.07) is 6.63. The highest BCUT2D eigenvalue weighted by Crippen LogP contribution is 2.53. The van der Waals surface area contributed by atoms with Crippen molar-refractivity contribution in [2.75, 3.05) is 12.8 Å². The van der Waals surface area contributed by atoms with Gasteiger partial charge in [-0.3, -0.25) is 0 Å². The molecule has 100 valence electrons. The Kier molecular flexibility index (Phi) is 2.28. The molecule has 0 bridgehead atoms. The number of nitrogen functional groups attached to an aromatic ring is 1. The van der Waals surface area contributed by atoms with Gasteiger partial charge in [0.25, 0.3) is 0 Å². The van der Waals surface area contributed by atoms with E-state index in [1.807, 2.05) is 12.1 Å². The maximum atomic E-state index is 6.21. The fourth-order valence-corrected chi connectivity index (χ4v) is 3.27. The third-order valence-corrected chi connectivity index (χ3v) is 4.44. The van der Waals surface area contributed by atoms with Gasteiger partial charge >= 0.3 is 0 Å². The van der Waals surface area contributed by atoms with Crippen LogP contribution in [-0.4, -0.2) is 16.7 Å². The molecule has 2 aliphatic rings. The minimum atomic E-state index is 0.553. The lowest BCUT2D eigenvalue weighted by Gasteiger charge is -2.20. The summed E-state index contributed by atoms with van der Waals surface area (Å²) in [5.41, 5.74) is 8.23. The molecule has 0 amide bonds. The SMILES string of the molecule is COc1cccc2c1nc(N)n2C(C1CC1)C1CC1. The number of ether oxygens (including phenoxy) is 1. The average Bonchev–Trinajstić information content (AvgIpc) is 3.30. The van der Waals surface area contributed by atoms with Crippen molar-refractivity contribution in [3.05, 3.63) is 18.2 Å². The van der Waals surface area contributed by atoms with Crippen molar-refractivity contribution in [2.24, 2.45) is 11.8 Å². The topological polar surface area (TPSA) is 53.1 Å². The molecular weight excluding hydrogens is 238 g/mol. The number of anilines is 1. The van der Waals surface area contributed by atoms with E-state index in [2.05, 4.69) is 15.6 Å². The lowest BCUT2D eigenvalue weighted by Crippen LogP contribution is -2.15. The van der Waals surface area contributed by atoms with Crippen molar-refractivity contribution >= 4 is 17.0 Å². The van der Waals surface area contributed by atoms with Crippen LogP contribution in [0, 0.1) is 11.8 Å². The van der Waals surface area contributed by atoms with Gasteiger partial charge in [-0.1, -0.05) is 6.07 Å². The molecule has 0 spiro atoms. The molecule has 1 aromatic heterocycles. The summed E-state index contributed by atoms with van der Waals surface area (Å²) in [6.07, 6.45) is 5.35. The molecule has 0 radical (unpaired) electrons. The molecule has 0 unspecified atom stereocenters. The van der Waals surface area contributed by atoms with Gasteiger partial charge in [0.1, 0.15) is 11.3 Å². The third kappa shape index (κ3) is 1.70. The fraction of sp³-hybridized carbons (Fsp3) is 0.533. The molecule has 2 fully saturated rings. The van der Waals surface area contributed by atoms with Gasteiger partial charge in [0.15, 0.2) is 0 Å². The normalized spacial score (nSPS) is 19.3. The lowest BCUT2D eigenvalue weighted by atomic mass is 10.1. The zero-order chi connectivity index (χ0) is 13.0. The lowest BCUT2D eigenvalue weighted by molar-refractivity contribution is 0.408. The number of para-hydroxylation sites is 1. The van der Waals surface area contributed by atoms with Crippen molar-refractivity contribution < 1.29 is 4.74 Å². The number of hydrogen-bond donors (Lipinski definition) is 1. The number of nitrogens with two attached hydrogens (primary N) is 1. The van der Waals surface area contributed by atoms with Crippen LogP contribution in [0.3, 0.4) is 0 Å². The van der Waals surface area contributed by atoms with Crippen LogP contribution in [0.1, 0.15) is 31.7 Å². The number of methoxy groups -OCH3 is 1. The Balaban J connectivity index is 1.90. The zero-order valence-corrected chi connectivity index (χ0v) is 11.2. The van der Waals surface area contributed by atoms with Gasteiger partial charge in [-0.15, -0.1) is 0 Å². The van der Waals surface area contributed by atoms with Crippen LogP contribution in [0.15, 0.2) is 18.2 Å². The molecule has 1 aromatic carbocycles. The quantitative estimate of drug-likeness (QED) is 0.916. The van der Waals surface area contributed by atoms with E-state index in [1.165, 1.54) is 25.7 Å². The Morgan fingerprint density at radius 2 is 1.95 bits per heavy atom. The average molecular weight is 257 g/mol. The van der Waals surface area contributed by atoms with Gasteiger partial charge in [0, 0.05) is 6.04 Å². The third-order valence-electron chi connectivity index (χ3n) is 4.44. The minimum Gasteiger partial charge on any atom is -0.494 e. The number of aromatic nitrogens is 2. The first-order valence-corrected chi connectivity index (χ1v) is 7.10. The first-order valence-electron chi connectivity index (χ1n) is 7.10. The number of rotatable bonds is 4. The van der Waals surface area contributed by atoms with Crippen LogP contribution in [0.4, 0.5) is 5.95 Å². The highest BCUT2D eigenvalue weighted by molar-refractivity contribution is 5.84. The number of benzene rings is 1. The number of nitrogens with zero attached hydrogens (tertiary/aromatic N) is 2. The second kappa shape index (κ2) is 3.89. The van der Waals surface area contributed by atoms with Crippen LogP contribution >= 0.6 is 0 Å². The molecule has 1 heterocycles. The monoisotopic (exact) mass is 257 g/mol. The molecule has 2 aliphatic carbocycles. The number of fused-ring (bicyclic) bond motifs is 1. The van der Waals surface area contributed by atoms with E-state index < -0.39 is 0 Å². The fourth-order valence-electron chi connectivity index (χ4n) is 3.27. The first kappa shape index (κ1) is 11.1. The van der Waals surface area contributed by atoms with Crippen molar-refractivity contribution in [3.63, 3.8) is 0 Å². The van der Waals surface area contributed by atoms with E-state index in [1.54, 1.807) is 7.11 Å². The van der Waals surface area contributed by atoms with Crippen molar-refractivity contribution in [1.29, 1.82) is 0 Å². The Hall–Kier alpha value is -1.71. The van der Waals surface area contributed by atoms with Gasteiger partial charge in [0.2, 0.25) is 5.95 Å². The minimum absolute atomic E-state index is 0.553. The van der Waals surface area contributed by atoms with Crippen LogP contribution in [0.25, 0.3) is 11.0 Å². The summed E-state index contributed by atoms with van der Waals surface area (Å²) in [4.78, 5) is 4.54. The van der Waals surface area contributed by atoms with E-state index in [9.17, 15) is 0 Å². The van der Waals surface area contributed by atoms with Gasteiger partial charge in [-0.25, -0.2) is 4.98 Å². The van der Waals surface area contributed by atoms with Gasteiger partial charge in [0.05, 0.1) is 12.6 Å². The summed E-state index contributed by atoms with van der Waals surface area (Å²) >= 11 is 0.